The van der Waals surface area contributed by atoms with Gasteiger partial charge >= 0.3 is 0 Å². The van der Waals surface area contributed by atoms with Crippen molar-refractivity contribution < 1.29 is 9.84 Å². The average Bonchev–Trinajstić information content (AvgIpc) is 2.56. The number of aliphatic hydroxyl groups excluding tert-OH is 1. The van der Waals surface area contributed by atoms with Crippen LogP contribution < -0.4 is 10.1 Å². The van der Waals surface area contributed by atoms with Gasteiger partial charge in [-0.2, -0.15) is 0 Å². The number of aliphatic hydroxyl groups is 1. The van der Waals surface area contributed by atoms with E-state index >= 15 is 0 Å². The van der Waals surface area contributed by atoms with Crippen molar-refractivity contribution in [3.8, 4) is 5.75 Å². The lowest BCUT2D eigenvalue weighted by Crippen LogP contribution is -2.48. The summed E-state index contributed by atoms with van der Waals surface area (Å²) in [5.74, 6) is 0.838. The Morgan fingerprint density at radius 2 is 1.76 bits per heavy atom. The smallest absolute Gasteiger partial charge is 0.118 e. The Bertz CT molecular complexity index is 384. The van der Waals surface area contributed by atoms with Crippen LogP contribution in [-0.4, -0.2) is 49.9 Å². The van der Waals surface area contributed by atoms with Crippen molar-refractivity contribution in [1.29, 1.82) is 0 Å². The fourth-order valence-electron chi connectivity index (χ4n) is 2.59. The summed E-state index contributed by atoms with van der Waals surface area (Å²) in [4.78, 5) is 2.37. The minimum absolute atomic E-state index is 0.0913. The highest BCUT2D eigenvalue weighted by molar-refractivity contribution is 5.32. The average molecular weight is 294 g/mol. The Labute approximate surface area is 129 Å². The number of rotatable bonds is 10. The molecule has 0 radical (unpaired) electrons. The molecule has 21 heavy (non-hydrogen) atoms. The van der Waals surface area contributed by atoms with Gasteiger partial charge in [0.2, 0.25) is 0 Å². The molecular weight excluding hydrogens is 264 g/mol. The fourth-order valence-corrected chi connectivity index (χ4v) is 2.59. The summed E-state index contributed by atoms with van der Waals surface area (Å²) in [6.07, 6.45) is 0.841. The number of hydrogen-bond acceptors (Lipinski definition) is 4. The highest BCUT2D eigenvalue weighted by Crippen LogP contribution is 2.26. The first-order valence-electron chi connectivity index (χ1n) is 7.88. The van der Waals surface area contributed by atoms with Gasteiger partial charge in [-0.05, 0) is 37.2 Å². The molecule has 0 bridgehead atoms. The van der Waals surface area contributed by atoms with E-state index in [9.17, 15) is 5.11 Å². The first kappa shape index (κ1) is 18.0. The summed E-state index contributed by atoms with van der Waals surface area (Å²) < 4.78 is 5.20. The largest absolute Gasteiger partial charge is 0.497 e. The van der Waals surface area contributed by atoms with Crippen LogP contribution in [0.3, 0.4) is 0 Å². The monoisotopic (exact) mass is 294 g/mol. The molecule has 0 aliphatic rings. The molecule has 1 rings (SSSR count). The summed E-state index contributed by atoms with van der Waals surface area (Å²) in [6, 6.07) is 7.95. The zero-order valence-electron chi connectivity index (χ0n) is 13.9. The highest BCUT2D eigenvalue weighted by Gasteiger charge is 2.28. The van der Waals surface area contributed by atoms with Crippen molar-refractivity contribution in [2.24, 2.45) is 0 Å². The third kappa shape index (κ3) is 4.70. The second-order valence-electron chi connectivity index (χ2n) is 5.28. The molecule has 0 saturated heterocycles. The second-order valence-corrected chi connectivity index (χ2v) is 5.28. The third-order valence-corrected chi connectivity index (χ3v) is 4.30. The van der Waals surface area contributed by atoms with E-state index in [1.54, 1.807) is 7.11 Å². The van der Waals surface area contributed by atoms with E-state index in [-0.39, 0.29) is 12.1 Å². The molecule has 0 aliphatic carbocycles. The fraction of sp³-hybridized carbons (Fsp3) is 0.647. The molecule has 0 heterocycles. The summed E-state index contributed by atoms with van der Waals surface area (Å²) in [7, 11) is 1.66. The van der Waals surface area contributed by atoms with Crippen LogP contribution in [0, 0.1) is 0 Å². The van der Waals surface area contributed by atoms with Crippen molar-refractivity contribution in [2.45, 2.75) is 32.7 Å². The molecule has 0 fully saturated rings. The van der Waals surface area contributed by atoms with Crippen LogP contribution >= 0.6 is 0 Å². The number of nitrogens with zero attached hydrogens (tertiary/aromatic N) is 1. The second kappa shape index (κ2) is 9.03. The van der Waals surface area contributed by atoms with E-state index in [1.165, 1.54) is 0 Å². The van der Waals surface area contributed by atoms with Gasteiger partial charge in [0.25, 0.3) is 0 Å². The predicted molar refractivity (Wildman–Crippen MR) is 87.8 cm³/mol. The normalized spacial score (nSPS) is 14.2. The quantitative estimate of drug-likeness (QED) is 0.694. The summed E-state index contributed by atoms with van der Waals surface area (Å²) in [6.45, 7) is 10.5. The van der Waals surface area contributed by atoms with Gasteiger partial charge in [0.15, 0.2) is 0 Å². The Balaban J connectivity index is 2.76. The topological polar surface area (TPSA) is 44.7 Å². The van der Waals surface area contributed by atoms with Gasteiger partial charge in [-0.25, -0.2) is 0 Å². The molecule has 120 valence electrons. The molecular formula is C17H30N2O2. The zero-order valence-corrected chi connectivity index (χ0v) is 13.9. The predicted octanol–water partition coefficient (Wildman–Crippen LogP) is 2.22. The number of methoxy groups -OCH3 is 1. The van der Waals surface area contributed by atoms with Gasteiger partial charge in [-0.3, -0.25) is 0 Å². The van der Waals surface area contributed by atoms with Crippen LogP contribution in [0.2, 0.25) is 0 Å². The molecule has 1 unspecified atom stereocenters. The number of likely N-dealkylation sites (N-methyl/N-ethyl adjacent to an activating group) is 1. The molecule has 1 aromatic rings. The van der Waals surface area contributed by atoms with Gasteiger partial charge in [0, 0.05) is 13.1 Å². The molecule has 1 aromatic carbocycles. The molecule has 2 N–H and O–H groups in total. The molecule has 0 aromatic heterocycles. The molecule has 0 spiro atoms. The molecule has 4 heteroatoms. The number of hydrogen-bond donors (Lipinski definition) is 2. The molecule has 0 amide bonds. The SMILES string of the molecule is CCN(CC)CCNC(CC)(CO)c1ccc(OC)cc1. The number of ether oxygens (including phenoxy) is 1. The Kier molecular flexibility index (Phi) is 7.72. The molecule has 1 atom stereocenters. The Morgan fingerprint density at radius 3 is 2.19 bits per heavy atom. The van der Waals surface area contributed by atoms with E-state index in [0.717, 1.165) is 43.9 Å². The van der Waals surface area contributed by atoms with Gasteiger partial charge in [0.1, 0.15) is 5.75 Å². The summed E-state index contributed by atoms with van der Waals surface area (Å²) in [5.41, 5.74) is 0.729. The molecule has 0 aliphatic heterocycles. The number of benzene rings is 1. The third-order valence-electron chi connectivity index (χ3n) is 4.30. The van der Waals surface area contributed by atoms with Crippen molar-refractivity contribution in [1.82, 2.24) is 10.2 Å². The lowest BCUT2D eigenvalue weighted by molar-refractivity contribution is 0.149. The van der Waals surface area contributed by atoms with Crippen LogP contribution in [0.15, 0.2) is 24.3 Å². The van der Waals surface area contributed by atoms with Crippen molar-refractivity contribution in [2.75, 3.05) is 39.9 Å². The zero-order chi connectivity index (χ0) is 15.7. The maximum atomic E-state index is 9.93. The first-order valence-corrected chi connectivity index (χ1v) is 7.88. The van der Waals surface area contributed by atoms with Gasteiger partial charge in [-0.15, -0.1) is 0 Å². The van der Waals surface area contributed by atoms with Crippen LogP contribution in [0.5, 0.6) is 5.75 Å². The van der Waals surface area contributed by atoms with Crippen LogP contribution in [-0.2, 0) is 5.54 Å². The van der Waals surface area contributed by atoms with Crippen LogP contribution in [0.1, 0.15) is 32.8 Å². The van der Waals surface area contributed by atoms with Gasteiger partial charge in [0.05, 0.1) is 19.3 Å². The van der Waals surface area contributed by atoms with E-state index in [2.05, 4.69) is 31.0 Å². The molecule has 0 saturated carbocycles. The summed E-state index contributed by atoms with van der Waals surface area (Å²) >= 11 is 0. The summed E-state index contributed by atoms with van der Waals surface area (Å²) in [5, 5.41) is 13.5. The first-order chi connectivity index (χ1) is 10.2. The van der Waals surface area contributed by atoms with E-state index in [1.807, 2.05) is 24.3 Å². The Hall–Kier alpha value is -1.10. The lowest BCUT2D eigenvalue weighted by atomic mass is 9.88. The number of nitrogens with one attached hydrogen (secondary N) is 1. The minimum atomic E-state index is -0.376. The van der Waals surface area contributed by atoms with Gasteiger partial charge < -0.3 is 20.1 Å². The van der Waals surface area contributed by atoms with Crippen molar-refractivity contribution >= 4 is 0 Å². The van der Waals surface area contributed by atoms with Crippen molar-refractivity contribution in [3.05, 3.63) is 29.8 Å². The van der Waals surface area contributed by atoms with E-state index in [0.29, 0.717) is 0 Å². The maximum Gasteiger partial charge on any atom is 0.118 e. The van der Waals surface area contributed by atoms with Gasteiger partial charge in [-0.1, -0.05) is 32.9 Å². The van der Waals surface area contributed by atoms with E-state index in [4.69, 9.17) is 4.74 Å². The Morgan fingerprint density at radius 1 is 1.14 bits per heavy atom. The van der Waals surface area contributed by atoms with Crippen LogP contribution in [0.4, 0.5) is 0 Å². The molecule has 4 nitrogen and oxygen atoms in total. The van der Waals surface area contributed by atoms with Crippen molar-refractivity contribution in [3.63, 3.8) is 0 Å². The lowest BCUT2D eigenvalue weighted by Gasteiger charge is -2.34. The van der Waals surface area contributed by atoms with E-state index < -0.39 is 0 Å². The maximum absolute atomic E-state index is 9.93. The van der Waals surface area contributed by atoms with Crippen LogP contribution in [0.25, 0.3) is 0 Å². The minimum Gasteiger partial charge on any atom is -0.497 e. The standard InChI is InChI=1S/C17H30N2O2/c1-5-17(14-20,18-12-13-19(6-2)7-3)15-8-10-16(21-4)11-9-15/h8-11,18,20H,5-7,12-14H2,1-4H3. The highest BCUT2D eigenvalue weighted by atomic mass is 16.5.